The Hall–Kier alpha value is -2.75. The lowest BCUT2D eigenvalue weighted by atomic mass is 10.0. The van der Waals surface area contributed by atoms with Crippen molar-refractivity contribution in [1.82, 2.24) is 0 Å². The maximum atomic E-state index is 6.28. The van der Waals surface area contributed by atoms with Gasteiger partial charge in [-0.25, -0.2) is 0 Å². The van der Waals surface area contributed by atoms with Crippen LogP contribution in [0.1, 0.15) is 31.4 Å². The van der Waals surface area contributed by atoms with Crippen LogP contribution in [-0.2, 0) is 0 Å². The van der Waals surface area contributed by atoms with Gasteiger partial charge in [-0.2, -0.15) is 0 Å². The minimum absolute atomic E-state index is 0.245. The highest BCUT2D eigenvalue weighted by atomic mass is 16.5. The Morgan fingerprint density at radius 3 is 2.41 bits per heavy atom. The van der Waals surface area contributed by atoms with Crippen LogP contribution in [0.2, 0.25) is 0 Å². The van der Waals surface area contributed by atoms with Crippen LogP contribution in [0.3, 0.4) is 0 Å². The fraction of sp³-hybridized carbons (Fsp3) is 0.348. The van der Waals surface area contributed by atoms with E-state index in [1.807, 2.05) is 24.3 Å². The van der Waals surface area contributed by atoms with Gasteiger partial charge in [0.1, 0.15) is 11.3 Å². The maximum absolute atomic E-state index is 6.28. The molecule has 4 nitrogen and oxygen atoms in total. The van der Waals surface area contributed by atoms with Gasteiger partial charge in [-0.15, -0.1) is 0 Å². The first-order chi connectivity index (χ1) is 13.0. The van der Waals surface area contributed by atoms with E-state index in [1.54, 1.807) is 14.2 Å². The molecule has 1 aromatic heterocycles. The minimum Gasteiger partial charge on any atom is -0.493 e. The van der Waals surface area contributed by atoms with Crippen LogP contribution in [0.4, 0.5) is 0 Å². The summed E-state index contributed by atoms with van der Waals surface area (Å²) in [6, 6.07) is 12.3. The summed E-state index contributed by atoms with van der Waals surface area (Å²) in [5.74, 6) is 2.12. The van der Waals surface area contributed by atoms with Gasteiger partial charge >= 0.3 is 0 Å². The Labute approximate surface area is 160 Å². The average molecular weight is 365 g/mol. The van der Waals surface area contributed by atoms with Crippen LogP contribution in [0.25, 0.3) is 22.3 Å². The second kappa shape index (κ2) is 7.87. The van der Waals surface area contributed by atoms with Gasteiger partial charge in [-0.3, -0.25) is 4.99 Å². The number of hydrogen-bond donors (Lipinski definition) is 0. The average Bonchev–Trinajstić information content (AvgIpc) is 2.66. The molecule has 0 N–H and O–H groups in total. The van der Waals surface area contributed by atoms with E-state index in [0.717, 1.165) is 34.1 Å². The number of rotatable bonds is 5. The maximum Gasteiger partial charge on any atom is 0.161 e. The van der Waals surface area contributed by atoms with Gasteiger partial charge in [-0.05, 0) is 62.6 Å². The summed E-state index contributed by atoms with van der Waals surface area (Å²) < 4.78 is 17.1. The summed E-state index contributed by atoms with van der Waals surface area (Å²) in [5, 5.41) is 2.04. The molecule has 27 heavy (non-hydrogen) atoms. The summed E-state index contributed by atoms with van der Waals surface area (Å²) in [4.78, 5) is 4.94. The first-order valence-electron chi connectivity index (χ1n) is 9.28. The molecule has 2 aromatic carbocycles. The molecular weight excluding hydrogens is 338 g/mol. The number of ether oxygens (including phenoxy) is 2. The van der Waals surface area contributed by atoms with Crippen molar-refractivity contribution in [2.24, 2.45) is 4.99 Å². The zero-order chi connectivity index (χ0) is 19.6. The van der Waals surface area contributed by atoms with Gasteiger partial charge < -0.3 is 13.9 Å². The first-order valence-corrected chi connectivity index (χ1v) is 9.28. The summed E-state index contributed by atoms with van der Waals surface area (Å²) >= 11 is 0. The molecule has 3 rings (SSSR count). The van der Waals surface area contributed by atoms with E-state index < -0.39 is 0 Å². The number of hydrogen-bond acceptors (Lipinski definition) is 4. The molecule has 0 aliphatic heterocycles. The molecule has 1 heterocycles. The fourth-order valence-corrected chi connectivity index (χ4v) is 3.24. The van der Waals surface area contributed by atoms with Crippen molar-refractivity contribution in [3.05, 3.63) is 52.9 Å². The lowest BCUT2D eigenvalue weighted by Crippen LogP contribution is -2.10. The molecule has 0 unspecified atom stereocenters. The fourth-order valence-electron chi connectivity index (χ4n) is 3.24. The van der Waals surface area contributed by atoms with Crippen molar-refractivity contribution in [2.45, 2.75) is 40.2 Å². The third kappa shape index (κ3) is 3.85. The molecule has 0 amide bonds. The Morgan fingerprint density at radius 1 is 1.00 bits per heavy atom. The molecule has 0 spiro atoms. The van der Waals surface area contributed by atoms with Crippen LogP contribution >= 0.6 is 0 Å². The van der Waals surface area contributed by atoms with Gasteiger partial charge in [0.15, 0.2) is 11.5 Å². The van der Waals surface area contributed by atoms with Crippen molar-refractivity contribution >= 4 is 11.0 Å². The topological polar surface area (TPSA) is 44.0 Å². The highest BCUT2D eigenvalue weighted by Crippen LogP contribution is 2.33. The van der Waals surface area contributed by atoms with Crippen molar-refractivity contribution in [3.63, 3.8) is 0 Å². The largest absolute Gasteiger partial charge is 0.493 e. The summed E-state index contributed by atoms with van der Waals surface area (Å²) in [6.45, 7) is 8.47. The summed E-state index contributed by atoms with van der Waals surface area (Å²) in [6.07, 6.45) is 0.990. The van der Waals surface area contributed by atoms with Gasteiger partial charge in [0.2, 0.25) is 0 Å². The molecule has 3 aromatic rings. The Kier molecular flexibility index (Phi) is 5.54. The molecule has 0 fully saturated rings. The minimum atomic E-state index is 0.245. The first kappa shape index (κ1) is 19.0. The normalized spacial score (nSPS) is 13.0. The molecule has 4 heteroatoms. The molecule has 142 valence electrons. The lowest BCUT2D eigenvalue weighted by Gasteiger charge is -2.12. The van der Waals surface area contributed by atoms with Gasteiger partial charge in [0, 0.05) is 23.1 Å². The van der Waals surface area contributed by atoms with E-state index in [9.17, 15) is 0 Å². The Morgan fingerprint density at radius 2 is 1.74 bits per heavy atom. The van der Waals surface area contributed by atoms with Crippen molar-refractivity contribution in [1.29, 1.82) is 0 Å². The third-order valence-corrected chi connectivity index (χ3v) is 4.81. The predicted octanol–water partition coefficient (Wildman–Crippen LogP) is 5.43. The zero-order valence-electron chi connectivity index (χ0n) is 16.9. The number of fused-ring (bicyclic) bond motifs is 1. The number of methoxy groups -OCH3 is 2. The van der Waals surface area contributed by atoms with Gasteiger partial charge in [0.25, 0.3) is 0 Å². The second-order valence-electron chi connectivity index (χ2n) is 6.91. The number of aryl methyl sites for hydroxylation is 2. The Bertz CT molecular complexity index is 1030. The van der Waals surface area contributed by atoms with Crippen LogP contribution < -0.4 is 14.8 Å². The SMILES string of the molecule is CC[C@@H](C)N=c1cc(-c2ccc(OC)c(OC)c2)oc2cc(C)cc(C)c12. The van der Waals surface area contributed by atoms with E-state index in [4.69, 9.17) is 18.9 Å². The molecule has 0 radical (unpaired) electrons. The third-order valence-electron chi connectivity index (χ3n) is 4.81. The molecule has 1 atom stereocenters. The van der Waals surface area contributed by atoms with Gasteiger partial charge in [0.05, 0.1) is 19.6 Å². The zero-order valence-corrected chi connectivity index (χ0v) is 16.9. The van der Waals surface area contributed by atoms with E-state index in [0.29, 0.717) is 11.5 Å². The number of benzene rings is 2. The van der Waals surface area contributed by atoms with Crippen LogP contribution in [0, 0.1) is 13.8 Å². The predicted molar refractivity (Wildman–Crippen MR) is 110 cm³/mol. The van der Waals surface area contributed by atoms with Gasteiger partial charge in [-0.1, -0.05) is 13.0 Å². The van der Waals surface area contributed by atoms with E-state index in [2.05, 4.69) is 39.8 Å². The number of nitrogens with zero attached hydrogens (tertiary/aromatic N) is 1. The quantitative estimate of drug-likeness (QED) is 0.605. The van der Waals surface area contributed by atoms with Crippen LogP contribution in [-0.4, -0.2) is 20.3 Å². The highest BCUT2D eigenvalue weighted by Gasteiger charge is 2.12. The molecule has 0 aliphatic rings. The molecule has 0 saturated heterocycles. The highest BCUT2D eigenvalue weighted by molar-refractivity contribution is 5.82. The summed E-state index contributed by atoms with van der Waals surface area (Å²) in [7, 11) is 3.27. The summed E-state index contributed by atoms with van der Waals surface area (Å²) in [5.41, 5.74) is 4.12. The van der Waals surface area contributed by atoms with Crippen molar-refractivity contribution in [3.8, 4) is 22.8 Å². The lowest BCUT2D eigenvalue weighted by molar-refractivity contribution is 0.355. The molecule has 0 aliphatic carbocycles. The molecule has 0 saturated carbocycles. The van der Waals surface area contributed by atoms with E-state index in [1.165, 1.54) is 11.1 Å². The van der Waals surface area contributed by atoms with Crippen molar-refractivity contribution < 1.29 is 13.9 Å². The second-order valence-corrected chi connectivity index (χ2v) is 6.91. The van der Waals surface area contributed by atoms with Crippen LogP contribution in [0.15, 0.2) is 45.8 Å². The van der Waals surface area contributed by atoms with E-state index >= 15 is 0 Å². The molecular formula is C23H27NO3. The monoisotopic (exact) mass is 365 g/mol. The Balaban J connectivity index is 2.30. The van der Waals surface area contributed by atoms with Crippen LogP contribution in [0.5, 0.6) is 11.5 Å². The van der Waals surface area contributed by atoms with E-state index in [-0.39, 0.29) is 6.04 Å². The standard InChI is InChI=1S/C23H27NO3/c1-7-16(4)24-18-13-20(17-8-9-19(25-5)21(12-17)26-6)27-22-11-14(2)10-15(3)23(18)22/h8-13,16H,7H2,1-6H3/t16-/m1/s1. The molecule has 0 bridgehead atoms. The smallest absolute Gasteiger partial charge is 0.161 e. The van der Waals surface area contributed by atoms with Crippen molar-refractivity contribution in [2.75, 3.05) is 14.2 Å².